The molecule has 1 amide bonds. The molecule has 0 radical (unpaired) electrons. The molecule has 1 N–H and O–H groups in total. The van der Waals surface area contributed by atoms with Crippen molar-refractivity contribution >= 4 is 29.3 Å². The third kappa shape index (κ3) is 4.83. The van der Waals surface area contributed by atoms with Crippen molar-refractivity contribution in [2.45, 2.75) is 57.4 Å². The predicted molar refractivity (Wildman–Crippen MR) is 132 cm³/mol. The maximum absolute atomic E-state index is 13.0. The Kier molecular flexibility index (Phi) is 6.84. The molecule has 0 saturated carbocycles. The minimum Gasteiger partial charge on any atom is -0.341 e. The van der Waals surface area contributed by atoms with Crippen LogP contribution in [0.25, 0.3) is 5.69 Å². The van der Waals surface area contributed by atoms with Crippen molar-refractivity contribution in [3.05, 3.63) is 59.2 Å². The highest BCUT2D eigenvalue weighted by Crippen LogP contribution is 2.31. The number of aryl methyl sites for hydroxylation is 3. The summed E-state index contributed by atoms with van der Waals surface area (Å²) in [5.74, 6) is 0.823. The number of anilines is 2. The predicted octanol–water partition coefficient (Wildman–Crippen LogP) is 5.30. The van der Waals surface area contributed by atoms with Crippen LogP contribution < -0.4 is 10.2 Å². The summed E-state index contributed by atoms with van der Waals surface area (Å²) in [7, 11) is 0. The fourth-order valence-electron chi connectivity index (χ4n) is 4.01. The molecule has 3 aromatic rings. The fraction of sp³-hybridized carbons (Fsp3) is 0.400. The number of aromatic nitrogens is 3. The highest BCUT2D eigenvalue weighted by Gasteiger charge is 2.25. The summed E-state index contributed by atoms with van der Waals surface area (Å²) >= 11 is 1.44. The van der Waals surface area contributed by atoms with Gasteiger partial charge in [-0.25, -0.2) is 0 Å². The minimum absolute atomic E-state index is 0.0367. The fourth-order valence-corrected chi connectivity index (χ4v) is 4.87. The van der Waals surface area contributed by atoms with E-state index in [-0.39, 0.29) is 11.2 Å². The molecule has 0 bridgehead atoms. The van der Waals surface area contributed by atoms with Crippen LogP contribution in [0.5, 0.6) is 0 Å². The van der Waals surface area contributed by atoms with Crippen molar-refractivity contribution < 1.29 is 4.79 Å². The number of para-hydroxylation sites is 1. The van der Waals surface area contributed by atoms with Gasteiger partial charge in [0.15, 0.2) is 5.16 Å². The van der Waals surface area contributed by atoms with Gasteiger partial charge in [0.1, 0.15) is 0 Å². The maximum atomic E-state index is 13.0. The molecule has 168 valence electrons. The van der Waals surface area contributed by atoms with Gasteiger partial charge in [0.05, 0.1) is 10.9 Å². The first-order valence-corrected chi connectivity index (χ1v) is 12.1. The van der Waals surface area contributed by atoms with Gasteiger partial charge in [0.2, 0.25) is 11.9 Å². The Morgan fingerprint density at radius 2 is 1.62 bits per heavy atom. The second-order valence-electron chi connectivity index (χ2n) is 8.52. The van der Waals surface area contributed by atoms with Crippen LogP contribution in [0.1, 0.15) is 42.9 Å². The number of rotatable bonds is 6. The van der Waals surface area contributed by atoms with Crippen LogP contribution in [0.3, 0.4) is 0 Å². The maximum Gasteiger partial charge on any atom is 0.237 e. The quantitative estimate of drug-likeness (QED) is 0.517. The van der Waals surface area contributed by atoms with Crippen LogP contribution in [0.2, 0.25) is 0 Å². The highest BCUT2D eigenvalue weighted by molar-refractivity contribution is 8.00. The van der Waals surface area contributed by atoms with Gasteiger partial charge >= 0.3 is 0 Å². The zero-order chi connectivity index (χ0) is 22.7. The molecule has 1 aliphatic rings. The average molecular weight is 450 g/mol. The Balaban J connectivity index is 1.60. The number of benzene rings is 2. The number of hydrogen-bond donors (Lipinski definition) is 1. The van der Waals surface area contributed by atoms with E-state index in [1.54, 1.807) is 0 Å². The number of carbonyl (C=O) groups excluding carboxylic acids is 1. The summed E-state index contributed by atoms with van der Waals surface area (Å²) in [6, 6.07) is 14.4. The number of nitrogens with zero attached hydrogens (tertiary/aromatic N) is 4. The second-order valence-corrected chi connectivity index (χ2v) is 9.83. The first-order valence-electron chi connectivity index (χ1n) is 11.2. The first kappa shape index (κ1) is 22.4. The molecule has 1 atom stereocenters. The van der Waals surface area contributed by atoms with Gasteiger partial charge in [0.25, 0.3) is 0 Å². The van der Waals surface area contributed by atoms with Crippen molar-refractivity contribution in [1.29, 1.82) is 0 Å². The Labute approximate surface area is 194 Å². The normalized spacial score (nSPS) is 14.9. The molecule has 1 saturated heterocycles. The van der Waals surface area contributed by atoms with Crippen molar-refractivity contribution in [2.75, 3.05) is 23.3 Å². The molecule has 2 heterocycles. The van der Waals surface area contributed by atoms with Gasteiger partial charge in [-0.05, 0) is 70.2 Å². The lowest BCUT2D eigenvalue weighted by molar-refractivity contribution is -0.115. The zero-order valence-corrected chi connectivity index (χ0v) is 20.1. The number of piperidine rings is 1. The van der Waals surface area contributed by atoms with Crippen LogP contribution in [-0.4, -0.2) is 39.0 Å². The van der Waals surface area contributed by atoms with E-state index in [0.717, 1.165) is 59.5 Å². The van der Waals surface area contributed by atoms with Crippen molar-refractivity contribution in [3.63, 3.8) is 0 Å². The van der Waals surface area contributed by atoms with Gasteiger partial charge < -0.3 is 10.2 Å². The summed E-state index contributed by atoms with van der Waals surface area (Å²) in [5, 5.41) is 12.6. The Bertz CT molecular complexity index is 1070. The first-order chi connectivity index (χ1) is 15.4. The zero-order valence-electron chi connectivity index (χ0n) is 19.3. The van der Waals surface area contributed by atoms with E-state index in [4.69, 9.17) is 0 Å². The average Bonchev–Trinajstić information content (AvgIpc) is 3.20. The van der Waals surface area contributed by atoms with Crippen LogP contribution in [-0.2, 0) is 4.79 Å². The summed E-state index contributed by atoms with van der Waals surface area (Å²) < 4.78 is 2.10. The van der Waals surface area contributed by atoms with Gasteiger partial charge in [-0.1, -0.05) is 47.7 Å². The molecule has 0 aliphatic carbocycles. The monoisotopic (exact) mass is 449 g/mol. The Morgan fingerprint density at radius 1 is 0.969 bits per heavy atom. The number of thioether (sulfide) groups is 1. The Morgan fingerprint density at radius 3 is 2.28 bits per heavy atom. The number of carbonyl (C=O) groups is 1. The van der Waals surface area contributed by atoms with Crippen LogP contribution in [0.15, 0.2) is 47.6 Å². The third-order valence-corrected chi connectivity index (χ3v) is 6.97. The van der Waals surface area contributed by atoms with Crippen molar-refractivity contribution in [3.8, 4) is 5.69 Å². The van der Waals surface area contributed by atoms with Gasteiger partial charge in [0, 0.05) is 18.8 Å². The van der Waals surface area contributed by atoms with Gasteiger partial charge in [-0.3, -0.25) is 9.36 Å². The second kappa shape index (κ2) is 9.77. The highest BCUT2D eigenvalue weighted by atomic mass is 32.2. The van der Waals surface area contributed by atoms with E-state index in [1.807, 2.05) is 39.0 Å². The molecule has 1 aromatic heterocycles. The van der Waals surface area contributed by atoms with Gasteiger partial charge in [-0.2, -0.15) is 0 Å². The number of hydrogen-bond acceptors (Lipinski definition) is 5. The van der Waals surface area contributed by atoms with Crippen molar-refractivity contribution in [2.24, 2.45) is 0 Å². The molecule has 1 unspecified atom stereocenters. The van der Waals surface area contributed by atoms with Crippen molar-refractivity contribution in [1.82, 2.24) is 14.8 Å². The number of amides is 1. The van der Waals surface area contributed by atoms with E-state index in [2.05, 4.69) is 56.2 Å². The van der Waals surface area contributed by atoms with E-state index < -0.39 is 0 Å². The van der Waals surface area contributed by atoms with Gasteiger partial charge in [-0.15, -0.1) is 10.2 Å². The SMILES string of the molecule is Cc1ccc(-n2c(SC(C)C(=O)Nc3c(C)cccc3C)nnc2N2CCCCC2)cc1. The van der Waals surface area contributed by atoms with E-state index in [1.165, 1.54) is 23.7 Å². The molecule has 1 aliphatic heterocycles. The summed E-state index contributed by atoms with van der Waals surface area (Å²) in [6.07, 6.45) is 3.59. The lowest BCUT2D eigenvalue weighted by atomic mass is 10.1. The standard InChI is InChI=1S/C25H31N5OS/c1-17-11-13-21(14-12-17)30-24(29-15-6-5-7-16-29)27-28-25(30)32-20(4)23(31)26-22-18(2)9-8-10-19(22)3/h8-14,20H,5-7,15-16H2,1-4H3,(H,26,31). The lowest BCUT2D eigenvalue weighted by Gasteiger charge is -2.28. The van der Waals surface area contributed by atoms with E-state index in [0.29, 0.717) is 0 Å². The van der Waals surface area contributed by atoms with Crippen LogP contribution in [0.4, 0.5) is 11.6 Å². The summed E-state index contributed by atoms with van der Waals surface area (Å²) in [6.45, 7) is 9.99. The molecule has 6 nitrogen and oxygen atoms in total. The van der Waals surface area contributed by atoms with E-state index >= 15 is 0 Å². The molecule has 1 fully saturated rings. The van der Waals surface area contributed by atoms with Crippen LogP contribution in [0, 0.1) is 20.8 Å². The molecule has 7 heteroatoms. The topological polar surface area (TPSA) is 63.1 Å². The summed E-state index contributed by atoms with van der Waals surface area (Å²) in [4.78, 5) is 15.3. The molecule has 4 rings (SSSR count). The van der Waals surface area contributed by atoms with E-state index in [9.17, 15) is 4.79 Å². The molecule has 2 aromatic carbocycles. The summed E-state index contributed by atoms with van der Waals surface area (Å²) in [5.41, 5.74) is 5.23. The molecular formula is C25H31N5OS. The molecule has 32 heavy (non-hydrogen) atoms. The lowest BCUT2D eigenvalue weighted by Crippen LogP contribution is -2.31. The largest absolute Gasteiger partial charge is 0.341 e. The molecule has 0 spiro atoms. The molecular weight excluding hydrogens is 418 g/mol. The third-order valence-electron chi connectivity index (χ3n) is 5.93. The minimum atomic E-state index is -0.323. The Hall–Kier alpha value is -2.80. The smallest absolute Gasteiger partial charge is 0.237 e. The number of nitrogens with one attached hydrogen (secondary N) is 1. The van der Waals surface area contributed by atoms with Crippen LogP contribution >= 0.6 is 11.8 Å².